The van der Waals surface area contributed by atoms with Crippen LogP contribution in [0.5, 0.6) is 0 Å². The number of nitrogens with one attached hydrogen (secondary N) is 1. The van der Waals surface area contributed by atoms with Crippen molar-refractivity contribution >= 4 is 0 Å². The van der Waals surface area contributed by atoms with Crippen LogP contribution in [0.4, 0.5) is 4.39 Å². The Morgan fingerprint density at radius 3 is 3.11 bits per heavy atom. The van der Waals surface area contributed by atoms with E-state index < -0.39 is 0 Å². The first kappa shape index (κ1) is 13.0. The quantitative estimate of drug-likeness (QED) is 0.814. The van der Waals surface area contributed by atoms with Crippen molar-refractivity contribution in [3.8, 4) is 6.07 Å². The monoisotopic (exact) mass is 248 g/mol. The van der Waals surface area contributed by atoms with Gasteiger partial charge in [0.2, 0.25) is 0 Å². The summed E-state index contributed by atoms with van der Waals surface area (Å²) in [5.41, 5.74) is 1.24. The number of rotatable bonds is 5. The molecule has 1 fully saturated rings. The average Bonchev–Trinajstić information content (AvgIpc) is 2.88. The molecule has 0 bridgehead atoms. The van der Waals surface area contributed by atoms with E-state index in [0.29, 0.717) is 23.8 Å². The van der Waals surface area contributed by atoms with E-state index in [0.717, 1.165) is 32.4 Å². The fourth-order valence-corrected chi connectivity index (χ4v) is 2.18. The van der Waals surface area contributed by atoms with E-state index in [1.54, 1.807) is 0 Å². The minimum Gasteiger partial charge on any atom is -0.378 e. The van der Waals surface area contributed by atoms with Crippen molar-refractivity contribution in [3.63, 3.8) is 0 Å². The fourth-order valence-electron chi connectivity index (χ4n) is 2.18. The predicted octanol–water partition coefficient (Wildman–Crippen LogP) is 2.36. The van der Waals surface area contributed by atoms with Crippen LogP contribution in [0.15, 0.2) is 18.2 Å². The van der Waals surface area contributed by atoms with Crippen molar-refractivity contribution in [2.24, 2.45) is 0 Å². The summed E-state index contributed by atoms with van der Waals surface area (Å²) in [5.74, 6) is -0.301. The molecule has 0 aliphatic carbocycles. The first-order valence-electron chi connectivity index (χ1n) is 6.30. The zero-order chi connectivity index (χ0) is 12.8. The molecule has 18 heavy (non-hydrogen) atoms. The zero-order valence-electron chi connectivity index (χ0n) is 10.3. The summed E-state index contributed by atoms with van der Waals surface area (Å²) < 4.78 is 18.6. The van der Waals surface area contributed by atoms with E-state index in [9.17, 15) is 4.39 Å². The molecule has 0 amide bonds. The highest BCUT2D eigenvalue weighted by Crippen LogP contribution is 2.15. The van der Waals surface area contributed by atoms with Crippen molar-refractivity contribution in [3.05, 3.63) is 35.1 Å². The fraction of sp³-hybridized carbons (Fsp3) is 0.500. The highest BCUT2D eigenvalue weighted by Gasteiger charge is 2.14. The summed E-state index contributed by atoms with van der Waals surface area (Å²) >= 11 is 0. The molecule has 2 rings (SSSR count). The summed E-state index contributed by atoms with van der Waals surface area (Å²) in [4.78, 5) is 0. The molecular weight excluding hydrogens is 231 g/mol. The maximum absolute atomic E-state index is 13.1. The van der Waals surface area contributed by atoms with E-state index in [1.807, 2.05) is 0 Å². The van der Waals surface area contributed by atoms with Crippen LogP contribution in [0.2, 0.25) is 0 Å². The number of hydrogen-bond acceptors (Lipinski definition) is 3. The molecule has 0 spiro atoms. The molecule has 1 saturated heterocycles. The molecule has 0 aromatic heterocycles. The number of ether oxygens (including phenoxy) is 1. The Morgan fingerprint density at radius 2 is 2.39 bits per heavy atom. The van der Waals surface area contributed by atoms with Gasteiger partial charge in [-0.2, -0.15) is 5.26 Å². The molecule has 1 aromatic carbocycles. The van der Waals surface area contributed by atoms with E-state index in [4.69, 9.17) is 10.00 Å². The van der Waals surface area contributed by atoms with Crippen LogP contribution in [0.3, 0.4) is 0 Å². The van der Waals surface area contributed by atoms with E-state index in [-0.39, 0.29) is 5.82 Å². The largest absolute Gasteiger partial charge is 0.378 e. The second-order valence-corrected chi connectivity index (χ2v) is 4.51. The van der Waals surface area contributed by atoms with Crippen LogP contribution >= 0.6 is 0 Å². The Balaban J connectivity index is 1.79. The molecule has 4 heteroatoms. The maximum Gasteiger partial charge on any atom is 0.123 e. The van der Waals surface area contributed by atoms with Gasteiger partial charge in [-0.15, -0.1) is 0 Å². The van der Waals surface area contributed by atoms with Crippen molar-refractivity contribution in [2.45, 2.75) is 31.9 Å². The second kappa shape index (κ2) is 6.48. The van der Waals surface area contributed by atoms with Gasteiger partial charge in [-0.1, -0.05) is 0 Å². The van der Waals surface area contributed by atoms with Crippen LogP contribution in [0, 0.1) is 17.1 Å². The number of nitriles is 1. The van der Waals surface area contributed by atoms with Gasteiger partial charge in [0, 0.05) is 13.2 Å². The molecule has 1 aliphatic rings. The minimum atomic E-state index is -0.301. The third-order valence-electron chi connectivity index (χ3n) is 3.17. The Labute approximate surface area is 107 Å². The van der Waals surface area contributed by atoms with Gasteiger partial charge >= 0.3 is 0 Å². The summed E-state index contributed by atoms with van der Waals surface area (Å²) in [6.07, 6.45) is 3.61. The van der Waals surface area contributed by atoms with E-state index >= 15 is 0 Å². The Kier molecular flexibility index (Phi) is 4.68. The van der Waals surface area contributed by atoms with Crippen molar-refractivity contribution in [2.75, 3.05) is 13.2 Å². The third kappa shape index (κ3) is 3.52. The second-order valence-electron chi connectivity index (χ2n) is 4.51. The van der Waals surface area contributed by atoms with Crippen LogP contribution in [-0.2, 0) is 11.3 Å². The van der Waals surface area contributed by atoms with Crippen LogP contribution in [-0.4, -0.2) is 19.3 Å². The molecule has 1 aromatic rings. The van der Waals surface area contributed by atoms with Gasteiger partial charge in [-0.3, -0.25) is 0 Å². The molecule has 96 valence electrons. The van der Waals surface area contributed by atoms with Gasteiger partial charge in [0.05, 0.1) is 17.7 Å². The lowest BCUT2D eigenvalue weighted by molar-refractivity contribution is 0.104. The van der Waals surface area contributed by atoms with Gasteiger partial charge in [-0.25, -0.2) is 4.39 Å². The lowest BCUT2D eigenvalue weighted by Gasteiger charge is -2.10. The minimum absolute atomic E-state index is 0.301. The van der Waals surface area contributed by atoms with Gasteiger partial charge in [-0.05, 0) is 49.6 Å². The van der Waals surface area contributed by atoms with E-state index in [1.165, 1.54) is 18.2 Å². The smallest absolute Gasteiger partial charge is 0.123 e. The predicted molar refractivity (Wildman–Crippen MR) is 66.4 cm³/mol. The molecule has 1 aliphatic heterocycles. The number of benzene rings is 1. The summed E-state index contributed by atoms with van der Waals surface area (Å²) in [5, 5.41) is 12.2. The van der Waals surface area contributed by atoms with Crippen molar-refractivity contribution in [1.82, 2.24) is 5.32 Å². The van der Waals surface area contributed by atoms with Crippen LogP contribution in [0.25, 0.3) is 0 Å². The first-order valence-corrected chi connectivity index (χ1v) is 6.30. The van der Waals surface area contributed by atoms with Crippen LogP contribution < -0.4 is 5.32 Å². The molecule has 3 nitrogen and oxygen atoms in total. The highest BCUT2D eigenvalue weighted by molar-refractivity contribution is 5.37. The van der Waals surface area contributed by atoms with Gasteiger partial charge in [0.15, 0.2) is 0 Å². The summed E-state index contributed by atoms with van der Waals surface area (Å²) in [6, 6.07) is 6.32. The van der Waals surface area contributed by atoms with Gasteiger partial charge in [0.1, 0.15) is 5.82 Å². The number of halogens is 1. The molecule has 0 radical (unpaired) electrons. The average molecular weight is 248 g/mol. The van der Waals surface area contributed by atoms with Crippen LogP contribution in [0.1, 0.15) is 30.4 Å². The van der Waals surface area contributed by atoms with Gasteiger partial charge < -0.3 is 10.1 Å². The Bertz CT molecular complexity index is 436. The molecule has 0 saturated carbocycles. The summed E-state index contributed by atoms with van der Waals surface area (Å²) in [7, 11) is 0. The maximum atomic E-state index is 13.1. The lowest BCUT2D eigenvalue weighted by Crippen LogP contribution is -2.20. The summed E-state index contributed by atoms with van der Waals surface area (Å²) in [6.45, 7) is 2.21. The van der Waals surface area contributed by atoms with Crippen molar-refractivity contribution < 1.29 is 9.13 Å². The lowest BCUT2D eigenvalue weighted by atomic mass is 10.1. The molecular formula is C14H17FN2O. The standard InChI is InChI=1S/C14H17FN2O/c15-13-4-3-11(9-16)12(8-13)10-17-6-5-14-2-1-7-18-14/h3-4,8,14,17H,1-2,5-7,10H2. The van der Waals surface area contributed by atoms with E-state index in [2.05, 4.69) is 11.4 Å². The molecule has 1 heterocycles. The Morgan fingerprint density at radius 1 is 1.50 bits per heavy atom. The third-order valence-corrected chi connectivity index (χ3v) is 3.17. The number of hydrogen-bond donors (Lipinski definition) is 1. The molecule has 1 atom stereocenters. The SMILES string of the molecule is N#Cc1ccc(F)cc1CNCCC1CCCO1. The van der Waals surface area contributed by atoms with Crippen molar-refractivity contribution in [1.29, 1.82) is 5.26 Å². The normalized spacial score (nSPS) is 18.8. The zero-order valence-corrected chi connectivity index (χ0v) is 10.3. The Hall–Kier alpha value is -1.44. The first-order chi connectivity index (χ1) is 8.79. The number of nitrogens with zero attached hydrogens (tertiary/aromatic N) is 1. The van der Waals surface area contributed by atoms with Gasteiger partial charge in [0.25, 0.3) is 0 Å². The highest BCUT2D eigenvalue weighted by atomic mass is 19.1. The molecule has 1 unspecified atom stereocenters. The molecule has 1 N–H and O–H groups in total. The topological polar surface area (TPSA) is 45.0 Å².